The number of aromatic nitrogens is 2. The fraction of sp³-hybridized carbons (Fsp3) is 0.250. The van der Waals surface area contributed by atoms with Gasteiger partial charge in [-0.2, -0.15) is 0 Å². The summed E-state index contributed by atoms with van der Waals surface area (Å²) in [6, 6.07) is 33.9. The number of hydrogen-bond acceptors (Lipinski definition) is 8. The molecule has 0 spiro atoms. The highest BCUT2D eigenvalue weighted by Gasteiger charge is 2.32. The van der Waals surface area contributed by atoms with Crippen molar-refractivity contribution < 1.29 is 19.4 Å². The first-order valence-electron chi connectivity index (χ1n) is 15.2. The van der Waals surface area contributed by atoms with Crippen LogP contribution < -0.4 is 10.6 Å². The molecule has 0 radical (unpaired) electrons. The number of carbonyl (C=O) groups excluding carboxylic acids is 1. The Morgan fingerprint density at radius 2 is 1.57 bits per heavy atom. The molecule has 5 aromatic rings. The standard InChI is InChI=1S/C36H36N4O4S2/c1-24-39-40-36(46-24)45-23-31-19-33(28-13-11-26(22-41)12-14-28)44-34(43-31)29-17-15-27(16-18-29)32-10-6-5-9-30(32)21-38-35(42)37-20-25-7-3-2-4-8-25/h2-18,31,33-34,41H,19-23H2,1H3,(H2,37,38,42)/t31-,33+,34+/m1/s1. The molecule has 8 nitrogen and oxygen atoms in total. The third kappa shape index (κ3) is 8.39. The van der Waals surface area contributed by atoms with Crippen LogP contribution in [0.25, 0.3) is 11.1 Å². The van der Waals surface area contributed by atoms with Gasteiger partial charge in [0.1, 0.15) is 5.01 Å². The number of aliphatic hydroxyl groups is 1. The number of carbonyl (C=O) groups is 1. The van der Waals surface area contributed by atoms with Crippen LogP contribution in [0.5, 0.6) is 0 Å². The highest BCUT2D eigenvalue weighted by molar-refractivity contribution is 8.01. The van der Waals surface area contributed by atoms with E-state index < -0.39 is 6.29 Å². The molecule has 1 aromatic heterocycles. The number of nitrogens with one attached hydrogen (secondary N) is 2. The Bertz CT molecular complexity index is 1710. The normalized spacial score (nSPS) is 17.8. The lowest BCUT2D eigenvalue weighted by Crippen LogP contribution is -2.34. The summed E-state index contributed by atoms with van der Waals surface area (Å²) in [7, 11) is 0. The molecule has 3 atom stereocenters. The van der Waals surface area contributed by atoms with Gasteiger partial charge in [-0.05, 0) is 40.3 Å². The lowest BCUT2D eigenvalue weighted by molar-refractivity contribution is -0.245. The van der Waals surface area contributed by atoms with Crippen LogP contribution >= 0.6 is 23.1 Å². The van der Waals surface area contributed by atoms with Gasteiger partial charge >= 0.3 is 6.03 Å². The van der Waals surface area contributed by atoms with Crippen molar-refractivity contribution in [1.29, 1.82) is 0 Å². The van der Waals surface area contributed by atoms with Crippen LogP contribution in [0.3, 0.4) is 0 Å². The largest absolute Gasteiger partial charge is 0.392 e. The van der Waals surface area contributed by atoms with E-state index in [1.54, 1.807) is 23.1 Å². The predicted molar refractivity (Wildman–Crippen MR) is 181 cm³/mol. The minimum Gasteiger partial charge on any atom is -0.392 e. The topological polar surface area (TPSA) is 106 Å². The zero-order valence-corrected chi connectivity index (χ0v) is 27.1. The van der Waals surface area contributed by atoms with Gasteiger partial charge in [-0.1, -0.05) is 126 Å². The average Bonchev–Trinajstić information content (AvgIpc) is 3.54. The molecule has 2 heterocycles. The van der Waals surface area contributed by atoms with E-state index in [-0.39, 0.29) is 24.8 Å². The molecule has 10 heteroatoms. The van der Waals surface area contributed by atoms with Crippen molar-refractivity contribution in [2.45, 2.75) is 55.9 Å². The van der Waals surface area contributed by atoms with Crippen LogP contribution in [0.15, 0.2) is 107 Å². The maximum absolute atomic E-state index is 12.5. The zero-order valence-electron chi connectivity index (χ0n) is 25.5. The number of ether oxygens (including phenoxy) is 2. The molecular weight excluding hydrogens is 617 g/mol. The third-order valence-electron chi connectivity index (χ3n) is 7.76. The average molecular weight is 653 g/mol. The van der Waals surface area contributed by atoms with Crippen LogP contribution in [0.1, 0.15) is 51.6 Å². The first-order valence-corrected chi connectivity index (χ1v) is 17.0. The van der Waals surface area contributed by atoms with E-state index >= 15 is 0 Å². The summed E-state index contributed by atoms with van der Waals surface area (Å²) < 4.78 is 14.0. The first-order chi connectivity index (χ1) is 22.5. The Kier molecular flexibility index (Phi) is 10.7. The Balaban J connectivity index is 1.14. The van der Waals surface area contributed by atoms with Crippen LogP contribution in [-0.2, 0) is 29.2 Å². The molecule has 1 fully saturated rings. The van der Waals surface area contributed by atoms with Crippen molar-refractivity contribution in [1.82, 2.24) is 20.8 Å². The summed E-state index contributed by atoms with van der Waals surface area (Å²) >= 11 is 3.24. The second kappa shape index (κ2) is 15.5. The maximum atomic E-state index is 12.5. The van der Waals surface area contributed by atoms with Gasteiger partial charge < -0.3 is 25.2 Å². The number of urea groups is 1. The summed E-state index contributed by atoms with van der Waals surface area (Å²) in [5.74, 6) is 0.733. The number of amides is 2. The van der Waals surface area contributed by atoms with E-state index in [0.717, 1.165) is 54.0 Å². The van der Waals surface area contributed by atoms with Crippen LogP contribution in [0.2, 0.25) is 0 Å². The highest BCUT2D eigenvalue weighted by Crippen LogP contribution is 2.40. The van der Waals surface area contributed by atoms with Crippen molar-refractivity contribution >= 4 is 29.1 Å². The molecule has 3 N–H and O–H groups in total. The number of thioether (sulfide) groups is 1. The van der Waals surface area contributed by atoms with Gasteiger partial charge in [-0.15, -0.1) is 10.2 Å². The Hall–Kier alpha value is -4.06. The summed E-state index contributed by atoms with van der Waals surface area (Å²) in [5, 5.41) is 24.7. The molecule has 0 unspecified atom stereocenters. The molecule has 236 valence electrons. The van der Waals surface area contributed by atoms with Crippen LogP contribution in [0, 0.1) is 6.92 Å². The van der Waals surface area contributed by atoms with Gasteiger partial charge in [0.2, 0.25) is 0 Å². The molecular formula is C36H36N4O4S2. The van der Waals surface area contributed by atoms with Gasteiger partial charge in [-0.3, -0.25) is 0 Å². The van der Waals surface area contributed by atoms with Crippen molar-refractivity contribution in [3.05, 3.63) is 136 Å². The second-order valence-electron chi connectivity index (χ2n) is 11.0. The number of hydrogen-bond donors (Lipinski definition) is 3. The molecule has 6 rings (SSSR count). The molecule has 0 saturated carbocycles. The zero-order chi connectivity index (χ0) is 31.7. The fourth-order valence-electron chi connectivity index (χ4n) is 5.32. The van der Waals surface area contributed by atoms with Gasteiger partial charge in [0, 0.05) is 30.8 Å². The van der Waals surface area contributed by atoms with E-state index in [2.05, 4.69) is 39.0 Å². The fourth-order valence-corrected chi connectivity index (χ4v) is 7.18. The van der Waals surface area contributed by atoms with Gasteiger partial charge in [0.25, 0.3) is 0 Å². The Labute approximate surface area is 277 Å². The van der Waals surface area contributed by atoms with Crippen molar-refractivity contribution in [2.24, 2.45) is 0 Å². The SMILES string of the molecule is Cc1nnc(SC[C@H]2C[C@@H](c3ccc(CO)cc3)O[C@@H](c3ccc(-c4ccccc4CNC(=O)NCc4ccccc4)cc3)O2)s1. The lowest BCUT2D eigenvalue weighted by Gasteiger charge is -2.36. The lowest BCUT2D eigenvalue weighted by atomic mass is 9.98. The van der Waals surface area contributed by atoms with E-state index in [0.29, 0.717) is 19.5 Å². The predicted octanol–water partition coefficient (Wildman–Crippen LogP) is 7.34. The summed E-state index contributed by atoms with van der Waals surface area (Å²) in [4.78, 5) is 12.5. The van der Waals surface area contributed by atoms with E-state index in [4.69, 9.17) is 9.47 Å². The monoisotopic (exact) mass is 652 g/mol. The van der Waals surface area contributed by atoms with Gasteiger partial charge in [0.05, 0.1) is 18.8 Å². The van der Waals surface area contributed by atoms with Crippen molar-refractivity contribution in [2.75, 3.05) is 5.75 Å². The van der Waals surface area contributed by atoms with Crippen LogP contribution in [-0.4, -0.2) is 33.2 Å². The third-order valence-corrected chi connectivity index (χ3v) is 9.87. The first kappa shape index (κ1) is 31.9. The van der Waals surface area contributed by atoms with E-state index in [1.165, 1.54) is 0 Å². The Morgan fingerprint density at radius 3 is 2.30 bits per heavy atom. The van der Waals surface area contributed by atoms with Crippen molar-refractivity contribution in [3.63, 3.8) is 0 Å². The molecule has 0 aliphatic carbocycles. The number of benzene rings is 4. The summed E-state index contributed by atoms with van der Waals surface area (Å²) in [6.07, 6.45) is -0.0583. The number of aliphatic hydroxyl groups excluding tert-OH is 1. The number of aryl methyl sites for hydroxylation is 1. The minimum absolute atomic E-state index is 0.00503. The van der Waals surface area contributed by atoms with Gasteiger partial charge in [0.15, 0.2) is 10.6 Å². The molecule has 0 bridgehead atoms. The Morgan fingerprint density at radius 1 is 0.848 bits per heavy atom. The molecule has 1 aliphatic rings. The minimum atomic E-state index is -0.544. The highest BCUT2D eigenvalue weighted by atomic mass is 32.2. The molecule has 46 heavy (non-hydrogen) atoms. The maximum Gasteiger partial charge on any atom is 0.315 e. The number of rotatable bonds is 11. The van der Waals surface area contributed by atoms with E-state index in [9.17, 15) is 9.90 Å². The molecule has 1 aliphatic heterocycles. The molecule has 2 amide bonds. The summed E-state index contributed by atoms with van der Waals surface area (Å²) in [6.45, 7) is 2.83. The van der Waals surface area contributed by atoms with E-state index in [1.807, 2.05) is 91.9 Å². The smallest absolute Gasteiger partial charge is 0.315 e. The molecule has 4 aromatic carbocycles. The van der Waals surface area contributed by atoms with Crippen molar-refractivity contribution in [3.8, 4) is 11.1 Å². The second-order valence-corrected chi connectivity index (χ2v) is 13.5. The number of nitrogens with zero attached hydrogens (tertiary/aromatic N) is 2. The quantitative estimate of drug-likeness (QED) is 0.128. The van der Waals surface area contributed by atoms with Crippen LogP contribution in [0.4, 0.5) is 4.79 Å². The van der Waals surface area contributed by atoms with Gasteiger partial charge in [-0.25, -0.2) is 4.79 Å². The molecule has 1 saturated heterocycles. The summed E-state index contributed by atoms with van der Waals surface area (Å²) in [5.41, 5.74) is 7.00.